The van der Waals surface area contributed by atoms with Crippen LogP contribution in [-0.4, -0.2) is 48.3 Å². The van der Waals surface area contributed by atoms with Crippen molar-refractivity contribution in [2.45, 2.75) is 44.6 Å². The molecule has 1 aromatic rings. The SMILES string of the molecule is O=C(CCCCl)NC1CCN(C(=O)CCCOc2ccccc2Cl)CC1. The second kappa shape index (κ2) is 11.3. The molecular formula is C19H26Cl2N2O3. The van der Waals surface area contributed by atoms with Crippen molar-refractivity contribution >= 4 is 35.0 Å². The standard InChI is InChI=1S/C19H26Cl2N2O3/c20-11-3-7-18(24)22-15-9-12-23(13-10-15)19(25)8-4-14-26-17-6-2-1-5-16(17)21/h1-2,5-6,15H,3-4,7-14H2,(H,22,24). The Morgan fingerprint density at radius 1 is 1.15 bits per heavy atom. The van der Waals surface area contributed by atoms with Crippen LogP contribution in [0, 0.1) is 0 Å². The van der Waals surface area contributed by atoms with Crippen LogP contribution in [0.15, 0.2) is 24.3 Å². The Morgan fingerprint density at radius 2 is 1.88 bits per heavy atom. The number of carbonyl (C=O) groups excluding carboxylic acids is 2. The highest BCUT2D eigenvalue weighted by molar-refractivity contribution is 6.32. The molecule has 1 aromatic carbocycles. The van der Waals surface area contributed by atoms with Gasteiger partial charge in [-0.15, -0.1) is 11.6 Å². The summed E-state index contributed by atoms with van der Waals surface area (Å²) in [6.45, 7) is 1.83. The zero-order valence-corrected chi connectivity index (χ0v) is 16.4. The number of nitrogens with zero attached hydrogens (tertiary/aromatic N) is 1. The van der Waals surface area contributed by atoms with Gasteiger partial charge in [0.25, 0.3) is 0 Å². The zero-order valence-electron chi connectivity index (χ0n) is 14.9. The molecule has 0 aliphatic carbocycles. The van der Waals surface area contributed by atoms with Crippen molar-refractivity contribution in [3.63, 3.8) is 0 Å². The number of carbonyl (C=O) groups is 2. The van der Waals surface area contributed by atoms with E-state index in [-0.39, 0.29) is 17.9 Å². The number of ether oxygens (including phenoxy) is 1. The Hall–Kier alpha value is -1.46. The first-order valence-electron chi connectivity index (χ1n) is 9.10. The van der Waals surface area contributed by atoms with Gasteiger partial charge in [0.2, 0.25) is 11.8 Å². The highest BCUT2D eigenvalue weighted by Crippen LogP contribution is 2.23. The van der Waals surface area contributed by atoms with Crippen LogP contribution >= 0.6 is 23.2 Å². The van der Waals surface area contributed by atoms with Gasteiger partial charge >= 0.3 is 0 Å². The van der Waals surface area contributed by atoms with E-state index in [4.69, 9.17) is 27.9 Å². The smallest absolute Gasteiger partial charge is 0.222 e. The number of piperidine rings is 1. The maximum absolute atomic E-state index is 12.3. The van der Waals surface area contributed by atoms with E-state index in [0.29, 0.717) is 62.0 Å². The summed E-state index contributed by atoms with van der Waals surface area (Å²) in [6.07, 6.45) is 3.87. The van der Waals surface area contributed by atoms with Gasteiger partial charge in [-0.3, -0.25) is 9.59 Å². The predicted molar refractivity (Wildman–Crippen MR) is 104 cm³/mol. The summed E-state index contributed by atoms with van der Waals surface area (Å²) in [6, 6.07) is 7.47. The second-order valence-electron chi connectivity index (χ2n) is 6.40. The fourth-order valence-corrected chi connectivity index (χ4v) is 3.25. The van der Waals surface area contributed by atoms with Crippen LogP contribution in [0.2, 0.25) is 5.02 Å². The third-order valence-corrected chi connectivity index (χ3v) is 4.96. The molecule has 1 N–H and O–H groups in total. The van der Waals surface area contributed by atoms with E-state index in [1.807, 2.05) is 23.1 Å². The minimum absolute atomic E-state index is 0.0483. The Kier molecular flexibility index (Phi) is 9.06. The number of para-hydroxylation sites is 1. The van der Waals surface area contributed by atoms with Gasteiger partial charge in [-0.05, 0) is 37.8 Å². The van der Waals surface area contributed by atoms with Gasteiger partial charge in [0, 0.05) is 37.9 Å². The molecule has 1 aliphatic heterocycles. The highest BCUT2D eigenvalue weighted by atomic mass is 35.5. The van der Waals surface area contributed by atoms with Crippen molar-refractivity contribution in [1.82, 2.24) is 10.2 Å². The molecule has 26 heavy (non-hydrogen) atoms. The molecule has 0 saturated carbocycles. The van der Waals surface area contributed by atoms with Crippen molar-refractivity contribution in [3.05, 3.63) is 29.3 Å². The molecule has 0 spiro atoms. The molecule has 7 heteroatoms. The third kappa shape index (κ3) is 7.04. The largest absolute Gasteiger partial charge is 0.492 e. The Balaban J connectivity index is 1.61. The first-order valence-corrected chi connectivity index (χ1v) is 10.0. The maximum Gasteiger partial charge on any atom is 0.222 e. The van der Waals surface area contributed by atoms with E-state index in [1.165, 1.54) is 0 Å². The lowest BCUT2D eigenvalue weighted by atomic mass is 10.0. The molecule has 0 unspecified atom stereocenters. The van der Waals surface area contributed by atoms with Crippen LogP contribution < -0.4 is 10.1 Å². The van der Waals surface area contributed by atoms with Crippen molar-refractivity contribution < 1.29 is 14.3 Å². The van der Waals surface area contributed by atoms with Crippen molar-refractivity contribution in [3.8, 4) is 5.75 Å². The number of alkyl halides is 1. The summed E-state index contributed by atoms with van der Waals surface area (Å²) in [4.78, 5) is 25.9. The van der Waals surface area contributed by atoms with E-state index in [2.05, 4.69) is 5.32 Å². The molecule has 1 aliphatic rings. The second-order valence-corrected chi connectivity index (χ2v) is 7.18. The van der Waals surface area contributed by atoms with Crippen LogP contribution in [0.3, 0.4) is 0 Å². The average molecular weight is 401 g/mol. The van der Waals surface area contributed by atoms with Gasteiger partial charge in [-0.25, -0.2) is 0 Å². The predicted octanol–water partition coefficient (Wildman–Crippen LogP) is 3.63. The molecular weight excluding hydrogens is 375 g/mol. The summed E-state index contributed by atoms with van der Waals surface area (Å²) in [5.41, 5.74) is 0. The molecule has 0 atom stereocenters. The minimum Gasteiger partial charge on any atom is -0.492 e. The number of nitrogens with one attached hydrogen (secondary N) is 1. The van der Waals surface area contributed by atoms with E-state index < -0.39 is 0 Å². The molecule has 0 radical (unpaired) electrons. The normalized spacial score (nSPS) is 14.9. The fourth-order valence-electron chi connectivity index (χ4n) is 2.93. The lowest BCUT2D eigenvalue weighted by Gasteiger charge is -2.32. The molecule has 2 amide bonds. The van der Waals surface area contributed by atoms with E-state index in [0.717, 1.165) is 12.8 Å². The first kappa shape index (κ1) is 20.8. The van der Waals surface area contributed by atoms with Crippen molar-refractivity contribution in [2.24, 2.45) is 0 Å². The van der Waals surface area contributed by atoms with Crippen LogP contribution in [0.25, 0.3) is 0 Å². The van der Waals surface area contributed by atoms with Gasteiger partial charge in [-0.1, -0.05) is 23.7 Å². The number of amides is 2. The number of halogens is 2. The minimum atomic E-state index is 0.0483. The van der Waals surface area contributed by atoms with E-state index in [1.54, 1.807) is 6.07 Å². The van der Waals surface area contributed by atoms with Crippen molar-refractivity contribution in [1.29, 1.82) is 0 Å². The van der Waals surface area contributed by atoms with Crippen LogP contribution in [0.4, 0.5) is 0 Å². The lowest BCUT2D eigenvalue weighted by molar-refractivity contribution is -0.132. The van der Waals surface area contributed by atoms with Gasteiger partial charge in [0.1, 0.15) is 5.75 Å². The molecule has 5 nitrogen and oxygen atoms in total. The maximum atomic E-state index is 12.3. The number of rotatable bonds is 9. The van der Waals surface area contributed by atoms with Crippen LogP contribution in [0.5, 0.6) is 5.75 Å². The summed E-state index contributed by atoms with van der Waals surface area (Å²) in [5, 5.41) is 3.60. The zero-order chi connectivity index (χ0) is 18.8. The monoisotopic (exact) mass is 400 g/mol. The van der Waals surface area contributed by atoms with E-state index in [9.17, 15) is 9.59 Å². The van der Waals surface area contributed by atoms with E-state index >= 15 is 0 Å². The molecule has 0 aromatic heterocycles. The molecule has 2 rings (SSSR count). The highest BCUT2D eigenvalue weighted by Gasteiger charge is 2.23. The Morgan fingerprint density at radius 3 is 2.58 bits per heavy atom. The van der Waals surface area contributed by atoms with Gasteiger partial charge < -0.3 is 15.0 Å². The first-order chi connectivity index (χ1) is 12.6. The van der Waals surface area contributed by atoms with Gasteiger partial charge in [-0.2, -0.15) is 0 Å². The average Bonchev–Trinajstić information content (AvgIpc) is 2.65. The number of benzene rings is 1. The summed E-state index contributed by atoms with van der Waals surface area (Å²) >= 11 is 11.6. The summed E-state index contributed by atoms with van der Waals surface area (Å²) in [5.74, 6) is 1.33. The Labute approximate surface area is 165 Å². The van der Waals surface area contributed by atoms with Crippen LogP contribution in [0.1, 0.15) is 38.5 Å². The topological polar surface area (TPSA) is 58.6 Å². The Bertz CT molecular complexity index is 590. The summed E-state index contributed by atoms with van der Waals surface area (Å²) in [7, 11) is 0. The molecule has 1 saturated heterocycles. The summed E-state index contributed by atoms with van der Waals surface area (Å²) < 4.78 is 5.61. The molecule has 144 valence electrons. The number of hydrogen-bond donors (Lipinski definition) is 1. The van der Waals surface area contributed by atoms with Crippen LogP contribution in [-0.2, 0) is 9.59 Å². The molecule has 0 bridgehead atoms. The number of hydrogen-bond acceptors (Lipinski definition) is 3. The van der Waals surface area contributed by atoms with Crippen molar-refractivity contribution in [2.75, 3.05) is 25.6 Å². The molecule has 1 fully saturated rings. The van der Waals surface area contributed by atoms with Gasteiger partial charge in [0.05, 0.1) is 11.6 Å². The van der Waals surface area contributed by atoms with Gasteiger partial charge in [0.15, 0.2) is 0 Å². The molecule has 1 heterocycles. The quantitative estimate of drug-likeness (QED) is 0.508. The number of likely N-dealkylation sites (tertiary alicyclic amines) is 1. The fraction of sp³-hybridized carbons (Fsp3) is 0.579. The third-order valence-electron chi connectivity index (χ3n) is 4.38. The lowest BCUT2D eigenvalue weighted by Crippen LogP contribution is -2.46.